The van der Waals surface area contributed by atoms with Gasteiger partial charge in [0.1, 0.15) is 23.5 Å². The fraction of sp³-hybridized carbons (Fsp3) is 0.192. The van der Waals surface area contributed by atoms with Crippen molar-refractivity contribution in [2.75, 3.05) is 46.6 Å². The van der Waals surface area contributed by atoms with Crippen molar-refractivity contribution >= 4 is 35.0 Å². The lowest BCUT2D eigenvalue weighted by Crippen LogP contribution is -2.47. The molecule has 0 amide bonds. The highest BCUT2D eigenvalue weighted by Gasteiger charge is 2.30. The van der Waals surface area contributed by atoms with Crippen molar-refractivity contribution in [3.8, 4) is 6.07 Å². The van der Waals surface area contributed by atoms with Crippen LogP contribution in [0.4, 0.5) is 57.0 Å². The minimum atomic E-state index is -4.55. The zero-order valence-electron chi connectivity index (χ0n) is 20.6. The molecule has 2 N–H and O–H groups in total. The molecule has 9 nitrogen and oxygen atoms in total. The Balaban J connectivity index is 1.43. The Labute approximate surface area is 225 Å². The Morgan fingerprint density at radius 3 is 2.25 bits per heavy atom. The SMILES string of the molecule is N#Cc1cccnc1N1CCN(c2nc(Nc3cccc(C(F)(F)F)c3)nc(Nc3ccc(F)cc3F)n2)CC1. The number of rotatable bonds is 6. The third-order valence-electron chi connectivity index (χ3n) is 6.02. The maximum atomic E-state index is 14.3. The molecule has 0 spiro atoms. The van der Waals surface area contributed by atoms with Gasteiger partial charge in [0.05, 0.1) is 16.8 Å². The highest BCUT2D eigenvalue weighted by Crippen LogP contribution is 2.31. The number of piperazine rings is 1. The first kappa shape index (κ1) is 26.5. The summed E-state index contributed by atoms with van der Waals surface area (Å²) in [6, 6.07) is 12.9. The summed E-state index contributed by atoms with van der Waals surface area (Å²) in [6.07, 6.45) is -2.94. The minimum absolute atomic E-state index is 0.0786. The van der Waals surface area contributed by atoms with E-state index in [1.165, 1.54) is 18.2 Å². The lowest BCUT2D eigenvalue weighted by atomic mass is 10.2. The predicted molar refractivity (Wildman–Crippen MR) is 138 cm³/mol. The summed E-state index contributed by atoms with van der Waals surface area (Å²) < 4.78 is 67.3. The monoisotopic (exact) mass is 553 g/mol. The standard InChI is InChI=1S/C26H20F5N9/c27-18-6-7-21(20(28)14-18)35-24-36-23(34-19-5-1-4-17(13-19)26(29,30)31)37-25(38-24)40-11-9-39(10-12-40)22-16(15-32)3-2-8-33-22/h1-8,13-14H,9-12H2,(H2,34,35,36,37,38). The molecule has 40 heavy (non-hydrogen) atoms. The van der Waals surface area contributed by atoms with E-state index in [0.717, 1.165) is 18.2 Å². The van der Waals surface area contributed by atoms with Gasteiger partial charge in [-0.1, -0.05) is 6.07 Å². The van der Waals surface area contributed by atoms with Gasteiger partial charge in [0, 0.05) is 44.1 Å². The van der Waals surface area contributed by atoms with E-state index in [0.29, 0.717) is 43.6 Å². The van der Waals surface area contributed by atoms with Crippen LogP contribution in [0.5, 0.6) is 0 Å². The third-order valence-corrected chi connectivity index (χ3v) is 6.02. The molecule has 1 saturated heterocycles. The molecule has 4 aromatic rings. The maximum Gasteiger partial charge on any atom is 0.416 e. The minimum Gasteiger partial charge on any atom is -0.352 e. The molecule has 0 aliphatic carbocycles. The Morgan fingerprint density at radius 2 is 1.55 bits per heavy atom. The second kappa shape index (κ2) is 11.0. The van der Waals surface area contributed by atoms with Crippen LogP contribution in [0.15, 0.2) is 60.8 Å². The number of benzene rings is 2. The van der Waals surface area contributed by atoms with Gasteiger partial charge in [-0.3, -0.25) is 0 Å². The zero-order valence-corrected chi connectivity index (χ0v) is 20.6. The summed E-state index contributed by atoms with van der Waals surface area (Å²) in [6.45, 7) is 1.78. The Kier molecular flexibility index (Phi) is 7.28. The van der Waals surface area contributed by atoms with Crippen molar-refractivity contribution in [1.82, 2.24) is 19.9 Å². The Bertz CT molecular complexity index is 1560. The van der Waals surface area contributed by atoms with Gasteiger partial charge in [-0.15, -0.1) is 0 Å². The largest absolute Gasteiger partial charge is 0.416 e. The lowest BCUT2D eigenvalue weighted by Gasteiger charge is -2.35. The summed E-state index contributed by atoms with van der Waals surface area (Å²) in [5, 5.41) is 14.8. The molecule has 0 unspecified atom stereocenters. The van der Waals surface area contributed by atoms with Crippen molar-refractivity contribution < 1.29 is 22.0 Å². The lowest BCUT2D eigenvalue weighted by molar-refractivity contribution is -0.137. The van der Waals surface area contributed by atoms with Crippen molar-refractivity contribution in [3.63, 3.8) is 0 Å². The van der Waals surface area contributed by atoms with Gasteiger partial charge in [-0.25, -0.2) is 13.8 Å². The molecule has 3 heterocycles. The van der Waals surface area contributed by atoms with E-state index < -0.39 is 23.4 Å². The maximum absolute atomic E-state index is 14.3. The van der Waals surface area contributed by atoms with Gasteiger partial charge in [0.2, 0.25) is 17.8 Å². The number of hydrogen-bond donors (Lipinski definition) is 2. The highest BCUT2D eigenvalue weighted by molar-refractivity contribution is 5.61. The second-order valence-electron chi connectivity index (χ2n) is 8.70. The average Bonchev–Trinajstić information content (AvgIpc) is 2.94. The fourth-order valence-corrected chi connectivity index (χ4v) is 4.09. The van der Waals surface area contributed by atoms with Gasteiger partial charge in [0.25, 0.3) is 0 Å². The van der Waals surface area contributed by atoms with Gasteiger partial charge in [-0.05, 0) is 42.5 Å². The number of pyridine rings is 1. The van der Waals surface area contributed by atoms with Crippen molar-refractivity contribution in [1.29, 1.82) is 5.26 Å². The van der Waals surface area contributed by atoms with E-state index in [2.05, 4.69) is 36.6 Å². The quantitative estimate of drug-likeness (QED) is 0.310. The molecule has 2 aromatic carbocycles. The third kappa shape index (κ3) is 5.98. The Hall–Kier alpha value is -5.06. The molecule has 1 aliphatic heterocycles. The first-order valence-electron chi connectivity index (χ1n) is 12.0. The smallest absolute Gasteiger partial charge is 0.352 e. The molecule has 0 radical (unpaired) electrons. The number of anilines is 6. The number of alkyl halides is 3. The first-order chi connectivity index (χ1) is 19.2. The van der Waals surface area contributed by atoms with E-state index in [-0.39, 0.29) is 29.2 Å². The molecular formula is C26H20F5N9. The van der Waals surface area contributed by atoms with Gasteiger partial charge >= 0.3 is 6.18 Å². The number of hydrogen-bond acceptors (Lipinski definition) is 9. The predicted octanol–water partition coefficient (Wildman–Crippen LogP) is 5.25. The molecular weight excluding hydrogens is 533 g/mol. The normalized spacial score (nSPS) is 13.6. The van der Waals surface area contributed by atoms with Gasteiger partial charge < -0.3 is 20.4 Å². The van der Waals surface area contributed by atoms with E-state index in [1.807, 2.05) is 9.80 Å². The topological polar surface area (TPSA) is 106 Å². The summed E-state index contributed by atoms with van der Waals surface area (Å²) in [4.78, 5) is 21.0. The molecule has 2 aromatic heterocycles. The van der Waals surface area contributed by atoms with Crippen LogP contribution in [-0.2, 0) is 6.18 Å². The van der Waals surface area contributed by atoms with E-state index in [1.54, 1.807) is 18.3 Å². The van der Waals surface area contributed by atoms with E-state index >= 15 is 0 Å². The number of aromatic nitrogens is 4. The number of halogens is 5. The highest BCUT2D eigenvalue weighted by atomic mass is 19.4. The number of nitrogens with one attached hydrogen (secondary N) is 2. The van der Waals surface area contributed by atoms with Gasteiger partial charge in [0.15, 0.2) is 0 Å². The van der Waals surface area contributed by atoms with Crippen LogP contribution in [0.25, 0.3) is 0 Å². The summed E-state index contributed by atoms with van der Waals surface area (Å²) in [7, 11) is 0. The summed E-state index contributed by atoms with van der Waals surface area (Å²) >= 11 is 0. The molecule has 0 atom stereocenters. The van der Waals surface area contributed by atoms with Crippen LogP contribution < -0.4 is 20.4 Å². The van der Waals surface area contributed by atoms with E-state index in [4.69, 9.17) is 0 Å². The van der Waals surface area contributed by atoms with E-state index in [9.17, 15) is 27.2 Å². The van der Waals surface area contributed by atoms with Crippen LogP contribution in [0.3, 0.4) is 0 Å². The fourth-order valence-electron chi connectivity index (χ4n) is 4.09. The van der Waals surface area contributed by atoms with Crippen LogP contribution in [0.1, 0.15) is 11.1 Å². The summed E-state index contributed by atoms with van der Waals surface area (Å²) in [5.74, 6) is -1.11. The van der Waals surface area contributed by atoms with Crippen LogP contribution in [0.2, 0.25) is 0 Å². The van der Waals surface area contributed by atoms with Crippen LogP contribution in [0, 0.1) is 23.0 Å². The molecule has 204 valence electrons. The molecule has 0 saturated carbocycles. The van der Waals surface area contributed by atoms with Gasteiger partial charge in [-0.2, -0.15) is 33.4 Å². The van der Waals surface area contributed by atoms with Crippen molar-refractivity contribution in [2.45, 2.75) is 6.18 Å². The zero-order chi connectivity index (χ0) is 28.3. The molecule has 0 bridgehead atoms. The first-order valence-corrected chi connectivity index (χ1v) is 12.0. The van der Waals surface area contributed by atoms with Crippen molar-refractivity contribution in [3.05, 3.63) is 83.6 Å². The van der Waals surface area contributed by atoms with Crippen LogP contribution >= 0.6 is 0 Å². The number of nitriles is 1. The Morgan fingerprint density at radius 1 is 0.825 bits per heavy atom. The molecule has 1 aliphatic rings. The van der Waals surface area contributed by atoms with Crippen molar-refractivity contribution in [2.24, 2.45) is 0 Å². The number of nitrogens with zero attached hydrogens (tertiary/aromatic N) is 7. The second-order valence-corrected chi connectivity index (χ2v) is 8.70. The molecule has 5 rings (SSSR count). The summed E-state index contributed by atoms with van der Waals surface area (Å²) in [5.41, 5.74) is -0.445. The molecule has 14 heteroatoms. The average molecular weight is 553 g/mol. The van der Waals surface area contributed by atoms with Crippen LogP contribution in [-0.4, -0.2) is 46.1 Å². The molecule has 1 fully saturated rings.